The van der Waals surface area contributed by atoms with Crippen LogP contribution in [0.4, 0.5) is 5.69 Å². The fourth-order valence-electron chi connectivity index (χ4n) is 3.10. The van der Waals surface area contributed by atoms with E-state index in [-0.39, 0.29) is 61.8 Å². The normalized spacial score (nSPS) is 12.4. The van der Waals surface area contributed by atoms with Gasteiger partial charge >= 0.3 is 5.97 Å². The minimum Gasteiger partial charge on any atom is -0.461 e. The van der Waals surface area contributed by atoms with E-state index >= 15 is 0 Å². The Balaban J connectivity index is 2.35. The fourth-order valence-corrected chi connectivity index (χ4v) is 3.60. The van der Waals surface area contributed by atoms with Gasteiger partial charge in [-0.1, -0.05) is 39.8 Å². The van der Waals surface area contributed by atoms with Crippen LogP contribution in [0.2, 0.25) is 0 Å². The summed E-state index contributed by atoms with van der Waals surface area (Å²) in [6.45, 7) is 8.20. The lowest BCUT2D eigenvalue weighted by Gasteiger charge is -2.20. The molecule has 2 amide bonds. The second kappa shape index (κ2) is 16.3. The molecule has 0 saturated heterocycles. The maximum Gasteiger partial charge on any atom is 0.308 e. The van der Waals surface area contributed by atoms with Crippen molar-refractivity contribution in [2.75, 3.05) is 38.7 Å². The van der Waals surface area contributed by atoms with Crippen molar-refractivity contribution in [1.82, 2.24) is 14.8 Å². The molecule has 36 heavy (non-hydrogen) atoms. The van der Waals surface area contributed by atoms with Gasteiger partial charge in [-0.3, -0.25) is 14.4 Å². The summed E-state index contributed by atoms with van der Waals surface area (Å²) in [4.78, 5) is 36.4. The van der Waals surface area contributed by atoms with Crippen LogP contribution < -0.4 is 20.1 Å². The van der Waals surface area contributed by atoms with Crippen LogP contribution in [0.25, 0.3) is 0 Å². The Morgan fingerprint density at radius 1 is 1.00 bits per heavy atom. The first kappa shape index (κ1) is 31.5. The minimum absolute atomic E-state index is 0.0767. The van der Waals surface area contributed by atoms with Crippen LogP contribution >= 0.6 is 0 Å². The number of carbonyl (C=O) groups excluding carboxylic acids is 3. The molecule has 1 atom stereocenters. The van der Waals surface area contributed by atoms with Crippen LogP contribution in [0, 0.1) is 17.8 Å². The molecule has 0 bridgehead atoms. The van der Waals surface area contributed by atoms with E-state index < -0.39 is 10.2 Å². The summed E-state index contributed by atoms with van der Waals surface area (Å²) in [6, 6.07) is 6.93. The predicted octanol–water partition coefficient (Wildman–Crippen LogP) is 1.56. The molecule has 0 aliphatic rings. The molecule has 11 nitrogen and oxygen atoms in total. The van der Waals surface area contributed by atoms with E-state index in [1.807, 2.05) is 13.8 Å². The van der Waals surface area contributed by atoms with Crippen LogP contribution in [0.15, 0.2) is 24.3 Å². The summed E-state index contributed by atoms with van der Waals surface area (Å²) < 4.78 is 37.6. The summed E-state index contributed by atoms with van der Waals surface area (Å²) in [7, 11) is -2.16. The van der Waals surface area contributed by atoms with Gasteiger partial charge in [-0.15, -0.1) is 0 Å². The molecule has 4 N–H and O–H groups in total. The lowest BCUT2D eigenvalue weighted by atomic mass is 9.90. The van der Waals surface area contributed by atoms with Crippen molar-refractivity contribution in [3.8, 4) is 0 Å². The van der Waals surface area contributed by atoms with E-state index in [2.05, 4.69) is 20.1 Å². The summed E-state index contributed by atoms with van der Waals surface area (Å²) >= 11 is 0. The van der Waals surface area contributed by atoms with Gasteiger partial charge in [0, 0.05) is 31.8 Å². The minimum atomic E-state index is -3.47. The first-order valence-electron chi connectivity index (χ1n) is 12.0. The Morgan fingerprint density at radius 3 is 2.25 bits per heavy atom. The van der Waals surface area contributed by atoms with Crippen LogP contribution in [-0.2, 0) is 40.7 Å². The highest BCUT2D eigenvalue weighted by Crippen LogP contribution is 2.17. The van der Waals surface area contributed by atoms with Crippen molar-refractivity contribution in [3.63, 3.8) is 0 Å². The van der Waals surface area contributed by atoms with Crippen molar-refractivity contribution < 1.29 is 32.3 Å². The second-order valence-electron chi connectivity index (χ2n) is 8.93. The van der Waals surface area contributed by atoms with Gasteiger partial charge in [0.2, 0.25) is 11.8 Å². The fraction of sp³-hybridized carbons (Fsp3) is 0.625. The topological polar surface area (TPSA) is 152 Å². The highest BCUT2D eigenvalue weighted by atomic mass is 32.2. The number of hydrogen-bond donors (Lipinski definition) is 4. The van der Waals surface area contributed by atoms with Gasteiger partial charge in [0.1, 0.15) is 6.61 Å². The Bertz CT molecular complexity index is 934. The zero-order chi connectivity index (χ0) is 27.1. The van der Waals surface area contributed by atoms with Crippen molar-refractivity contribution in [3.05, 3.63) is 29.8 Å². The Morgan fingerprint density at radius 2 is 1.67 bits per heavy atom. The highest BCUT2D eigenvalue weighted by molar-refractivity contribution is 7.87. The largest absolute Gasteiger partial charge is 0.461 e. The quantitative estimate of drug-likeness (QED) is 0.177. The Labute approximate surface area is 214 Å². The predicted molar refractivity (Wildman–Crippen MR) is 137 cm³/mol. The second-order valence-corrected chi connectivity index (χ2v) is 10.6. The summed E-state index contributed by atoms with van der Waals surface area (Å²) in [5.41, 5.74) is 1.38. The lowest BCUT2D eigenvalue weighted by molar-refractivity contribution is -0.148. The molecule has 0 aromatic heterocycles. The van der Waals surface area contributed by atoms with Crippen molar-refractivity contribution in [2.45, 2.75) is 47.1 Å². The molecule has 0 radical (unpaired) electrons. The molecule has 1 unspecified atom stereocenters. The zero-order valence-corrected chi connectivity index (χ0v) is 22.6. The van der Waals surface area contributed by atoms with Gasteiger partial charge in [-0.2, -0.15) is 8.42 Å². The molecule has 0 aliphatic heterocycles. The molecule has 0 aliphatic carbocycles. The van der Waals surface area contributed by atoms with E-state index in [9.17, 15) is 22.8 Å². The number of esters is 1. The monoisotopic (exact) mass is 528 g/mol. The first-order chi connectivity index (χ1) is 16.9. The third-order valence-corrected chi connectivity index (χ3v) is 6.39. The van der Waals surface area contributed by atoms with Crippen molar-refractivity contribution in [1.29, 1.82) is 0 Å². The van der Waals surface area contributed by atoms with E-state index in [4.69, 9.17) is 9.47 Å². The molecular weight excluding hydrogens is 488 g/mol. The standard InChI is InChI=1S/C24H40N4O7S/c1-17(2)21(7-6-13-34-14-12-27-36(32,33)25-5)23(30)26-15-22(29)28-20-10-8-19(9-11-20)16-35-24(31)18(3)4/h8-11,17-18,21,25,27H,6-7,12-16H2,1-5H3,(H,26,30)(H,28,29). The van der Waals surface area contributed by atoms with E-state index in [1.165, 1.54) is 7.05 Å². The Hall–Kier alpha value is -2.54. The number of anilines is 1. The van der Waals surface area contributed by atoms with E-state index in [0.717, 1.165) is 5.56 Å². The van der Waals surface area contributed by atoms with Crippen LogP contribution in [0.5, 0.6) is 0 Å². The lowest BCUT2D eigenvalue weighted by Crippen LogP contribution is -2.38. The molecular formula is C24H40N4O7S. The molecule has 204 valence electrons. The number of carbonyl (C=O) groups is 3. The number of benzene rings is 1. The van der Waals surface area contributed by atoms with Crippen LogP contribution in [0.3, 0.4) is 0 Å². The molecule has 12 heteroatoms. The van der Waals surface area contributed by atoms with Gasteiger partial charge < -0.3 is 20.1 Å². The molecule has 1 aromatic carbocycles. The summed E-state index contributed by atoms with van der Waals surface area (Å²) in [5, 5.41) is 5.42. The van der Waals surface area contributed by atoms with Gasteiger partial charge in [-0.25, -0.2) is 9.44 Å². The van der Waals surface area contributed by atoms with Crippen molar-refractivity contribution in [2.24, 2.45) is 17.8 Å². The van der Waals surface area contributed by atoms with Crippen molar-refractivity contribution >= 4 is 33.7 Å². The van der Waals surface area contributed by atoms with Gasteiger partial charge in [-0.05, 0) is 36.5 Å². The van der Waals surface area contributed by atoms with Gasteiger partial charge in [0.25, 0.3) is 10.2 Å². The maximum atomic E-state index is 12.6. The maximum absolute atomic E-state index is 12.6. The number of amides is 2. The first-order valence-corrected chi connectivity index (χ1v) is 13.5. The zero-order valence-electron chi connectivity index (χ0n) is 21.8. The molecule has 1 aromatic rings. The number of rotatable bonds is 17. The van der Waals surface area contributed by atoms with E-state index in [0.29, 0.717) is 25.1 Å². The van der Waals surface area contributed by atoms with Gasteiger partial charge in [0.15, 0.2) is 0 Å². The number of ether oxygens (including phenoxy) is 2. The van der Waals surface area contributed by atoms with Crippen LogP contribution in [0.1, 0.15) is 46.1 Å². The molecule has 0 spiro atoms. The average molecular weight is 529 g/mol. The van der Waals surface area contributed by atoms with E-state index in [1.54, 1.807) is 38.1 Å². The molecule has 0 heterocycles. The average Bonchev–Trinajstić information content (AvgIpc) is 2.83. The molecule has 0 fully saturated rings. The summed E-state index contributed by atoms with van der Waals surface area (Å²) in [5.74, 6) is -1.22. The third-order valence-electron chi connectivity index (χ3n) is 5.27. The van der Waals surface area contributed by atoms with Gasteiger partial charge in [0.05, 0.1) is 19.1 Å². The number of nitrogens with one attached hydrogen (secondary N) is 4. The highest BCUT2D eigenvalue weighted by Gasteiger charge is 2.22. The summed E-state index contributed by atoms with van der Waals surface area (Å²) in [6.07, 6.45) is 1.20. The Kier molecular flexibility index (Phi) is 14.2. The SMILES string of the molecule is CNS(=O)(=O)NCCOCCCC(C(=O)NCC(=O)Nc1ccc(COC(=O)C(C)C)cc1)C(C)C. The smallest absolute Gasteiger partial charge is 0.308 e. The molecule has 0 saturated carbocycles. The number of hydrogen-bond acceptors (Lipinski definition) is 7. The van der Waals surface area contributed by atoms with Crippen LogP contribution in [-0.4, -0.2) is 59.6 Å². The third kappa shape index (κ3) is 13.0. The molecule has 1 rings (SSSR count).